The summed E-state index contributed by atoms with van der Waals surface area (Å²) in [6.07, 6.45) is 6.18. The molecule has 3 nitrogen and oxygen atoms in total. The zero-order valence-electron chi connectivity index (χ0n) is 16.7. The standard InChI is InChI=1S/C25H28N2O/c1-25(2,19-8-4-3-5-9-19)24(28)27-20-14-12-18(13-15-20)21-16-17-26-23-11-7-6-10-22(21)23/h3-11,16-18,20H,12-15H2,1-2H3,(H,27,28)/t18-,20+. The number of para-hydroxylation sites is 1. The Bertz CT molecular complexity index is 951. The van der Waals surface area contributed by atoms with Gasteiger partial charge in [-0.1, -0.05) is 48.5 Å². The number of aromatic nitrogens is 1. The van der Waals surface area contributed by atoms with Crippen LogP contribution in [-0.2, 0) is 10.2 Å². The van der Waals surface area contributed by atoms with Crippen molar-refractivity contribution in [1.82, 2.24) is 10.3 Å². The molecule has 1 N–H and O–H groups in total. The Balaban J connectivity index is 1.41. The van der Waals surface area contributed by atoms with Gasteiger partial charge in [-0.05, 0) is 68.7 Å². The third-order valence-corrected chi connectivity index (χ3v) is 6.25. The highest BCUT2D eigenvalue weighted by Crippen LogP contribution is 2.36. The SMILES string of the molecule is CC(C)(C(=O)N[C@H]1CC[C@@H](c2ccnc3ccccc32)CC1)c1ccccc1. The van der Waals surface area contributed by atoms with E-state index in [1.54, 1.807) is 0 Å². The molecule has 0 saturated heterocycles. The summed E-state index contributed by atoms with van der Waals surface area (Å²) in [6, 6.07) is 20.9. The summed E-state index contributed by atoms with van der Waals surface area (Å²) in [4.78, 5) is 17.4. The number of fused-ring (bicyclic) bond motifs is 1. The second-order valence-corrected chi connectivity index (χ2v) is 8.43. The Morgan fingerprint density at radius 1 is 0.929 bits per heavy atom. The Morgan fingerprint density at radius 2 is 1.61 bits per heavy atom. The molecule has 1 aromatic heterocycles. The zero-order valence-corrected chi connectivity index (χ0v) is 16.7. The van der Waals surface area contributed by atoms with Crippen LogP contribution in [0.5, 0.6) is 0 Å². The lowest BCUT2D eigenvalue weighted by Crippen LogP contribution is -2.46. The topological polar surface area (TPSA) is 42.0 Å². The van der Waals surface area contributed by atoms with Gasteiger partial charge in [0.25, 0.3) is 0 Å². The highest BCUT2D eigenvalue weighted by atomic mass is 16.2. The fourth-order valence-corrected chi connectivity index (χ4v) is 4.37. The number of nitrogens with one attached hydrogen (secondary N) is 1. The molecular formula is C25H28N2O. The predicted octanol–water partition coefficient (Wildman–Crippen LogP) is 5.36. The van der Waals surface area contributed by atoms with E-state index in [1.165, 1.54) is 10.9 Å². The normalized spacial score (nSPS) is 20.1. The van der Waals surface area contributed by atoms with Crippen molar-refractivity contribution in [3.05, 3.63) is 78.0 Å². The summed E-state index contributed by atoms with van der Waals surface area (Å²) in [7, 11) is 0. The average Bonchev–Trinajstić information content (AvgIpc) is 2.74. The van der Waals surface area contributed by atoms with Crippen LogP contribution in [0.25, 0.3) is 10.9 Å². The van der Waals surface area contributed by atoms with Crippen molar-refractivity contribution in [3.8, 4) is 0 Å². The molecule has 1 heterocycles. The van der Waals surface area contributed by atoms with Crippen molar-refractivity contribution in [2.45, 2.75) is 56.9 Å². The molecule has 0 radical (unpaired) electrons. The minimum atomic E-state index is -0.514. The van der Waals surface area contributed by atoms with Gasteiger partial charge >= 0.3 is 0 Å². The van der Waals surface area contributed by atoms with Crippen molar-refractivity contribution in [2.75, 3.05) is 0 Å². The molecule has 3 heteroatoms. The molecule has 4 rings (SSSR count). The number of hydrogen-bond donors (Lipinski definition) is 1. The molecule has 0 aliphatic heterocycles. The summed E-state index contributed by atoms with van der Waals surface area (Å²) in [5, 5.41) is 4.58. The highest BCUT2D eigenvalue weighted by molar-refractivity contribution is 5.87. The van der Waals surface area contributed by atoms with Gasteiger partial charge < -0.3 is 5.32 Å². The first kappa shape index (κ1) is 18.7. The van der Waals surface area contributed by atoms with Gasteiger partial charge in [-0.25, -0.2) is 0 Å². The second kappa shape index (κ2) is 7.75. The van der Waals surface area contributed by atoms with E-state index in [4.69, 9.17) is 0 Å². The third kappa shape index (κ3) is 3.66. The number of carbonyl (C=O) groups excluding carboxylic acids is 1. The largest absolute Gasteiger partial charge is 0.353 e. The number of amides is 1. The van der Waals surface area contributed by atoms with Crippen LogP contribution in [0.2, 0.25) is 0 Å². The van der Waals surface area contributed by atoms with Gasteiger partial charge in [-0.2, -0.15) is 0 Å². The fraction of sp³-hybridized carbons (Fsp3) is 0.360. The maximum atomic E-state index is 12.9. The maximum absolute atomic E-state index is 12.9. The molecule has 144 valence electrons. The smallest absolute Gasteiger partial charge is 0.230 e. The molecule has 0 atom stereocenters. The van der Waals surface area contributed by atoms with Gasteiger partial charge in [0, 0.05) is 17.6 Å². The molecule has 0 spiro atoms. The Morgan fingerprint density at radius 3 is 2.36 bits per heavy atom. The summed E-state index contributed by atoms with van der Waals surface area (Å²) >= 11 is 0. The monoisotopic (exact) mass is 372 g/mol. The number of hydrogen-bond acceptors (Lipinski definition) is 2. The van der Waals surface area contributed by atoms with Crippen LogP contribution in [0.3, 0.4) is 0 Å². The highest BCUT2D eigenvalue weighted by Gasteiger charge is 2.32. The molecule has 0 unspecified atom stereocenters. The van der Waals surface area contributed by atoms with E-state index in [2.05, 4.69) is 34.6 Å². The third-order valence-electron chi connectivity index (χ3n) is 6.25. The second-order valence-electron chi connectivity index (χ2n) is 8.43. The number of rotatable bonds is 4. The van der Waals surface area contributed by atoms with Crippen LogP contribution in [-0.4, -0.2) is 16.9 Å². The minimum absolute atomic E-state index is 0.122. The molecule has 0 bridgehead atoms. The fourth-order valence-electron chi connectivity index (χ4n) is 4.37. The number of pyridine rings is 1. The van der Waals surface area contributed by atoms with Gasteiger partial charge in [-0.3, -0.25) is 9.78 Å². The van der Waals surface area contributed by atoms with Gasteiger partial charge in [0.15, 0.2) is 0 Å². The Kier molecular flexibility index (Phi) is 5.17. The summed E-state index contributed by atoms with van der Waals surface area (Å²) < 4.78 is 0. The summed E-state index contributed by atoms with van der Waals surface area (Å²) in [5.41, 5.74) is 3.02. The van der Waals surface area contributed by atoms with Gasteiger partial charge in [0.2, 0.25) is 5.91 Å². The van der Waals surface area contributed by atoms with Crippen molar-refractivity contribution < 1.29 is 4.79 Å². The van der Waals surface area contributed by atoms with Gasteiger partial charge in [0.05, 0.1) is 10.9 Å². The van der Waals surface area contributed by atoms with E-state index in [1.807, 2.05) is 56.4 Å². The van der Waals surface area contributed by atoms with Crippen LogP contribution >= 0.6 is 0 Å². The van der Waals surface area contributed by atoms with E-state index < -0.39 is 5.41 Å². The number of nitrogens with zero attached hydrogens (tertiary/aromatic N) is 1. The first-order valence-corrected chi connectivity index (χ1v) is 10.3. The quantitative estimate of drug-likeness (QED) is 0.670. The van der Waals surface area contributed by atoms with Crippen molar-refractivity contribution in [1.29, 1.82) is 0 Å². The zero-order chi connectivity index (χ0) is 19.6. The number of carbonyl (C=O) groups is 1. The maximum Gasteiger partial charge on any atom is 0.230 e. The van der Waals surface area contributed by atoms with Crippen molar-refractivity contribution in [2.24, 2.45) is 0 Å². The van der Waals surface area contributed by atoms with E-state index in [-0.39, 0.29) is 11.9 Å². The molecular weight excluding hydrogens is 344 g/mol. The van der Waals surface area contributed by atoms with E-state index in [0.29, 0.717) is 5.92 Å². The lowest BCUT2D eigenvalue weighted by atomic mass is 9.79. The first-order valence-electron chi connectivity index (χ1n) is 10.3. The van der Waals surface area contributed by atoms with Crippen LogP contribution in [0.1, 0.15) is 56.6 Å². The van der Waals surface area contributed by atoms with Crippen LogP contribution in [0.4, 0.5) is 0 Å². The van der Waals surface area contributed by atoms with E-state index in [0.717, 1.165) is 36.8 Å². The number of benzene rings is 2. The van der Waals surface area contributed by atoms with Crippen LogP contribution < -0.4 is 5.32 Å². The lowest BCUT2D eigenvalue weighted by Gasteiger charge is -2.33. The van der Waals surface area contributed by atoms with E-state index >= 15 is 0 Å². The van der Waals surface area contributed by atoms with Crippen LogP contribution in [0.15, 0.2) is 66.9 Å². The average molecular weight is 373 g/mol. The van der Waals surface area contributed by atoms with Gasteiger partial charge in [0.1, 0.15) is 0 Å². The van der Waals surface area contributed by atoms with Crippen molar-refractivity contribution in [3.63, 3.8) is 0 Å². The molecule has 1 amide bonds. The lowest BCUT2D eigenvalue weighted by molar-refractivity contribution is -0.126. The predicted molar refractivity (Wildman–Crippen MR) is 114 cm³/mol. The Labute approximate surface area is 167 Å². The molecule has 28 heavy (non-hydrogen) atoms. The summed E-state index contributed by atoms with van der Waals surface area (Å²) in [6.45, 7) is 4.01. The van der Waals surface area contributed by atoms with Crippen LogP contribution in [0, 0.1) is 0 Å². The van der Waals surface area contributed by atoms with Gasteiger partial charge in [-0.15, -0.1) is 0 Å². The summed E-state index contributed by atoms with van der Waals surface area (Å²) in [5.74, 6) is 0.666. The molecule has 3 aromatic rings. The minimum Gasteiger partial charge on any atom is -0.353 e. The molecule has 1 fully saturated rings. The van der Waals surface area contributed by atoms with E-state index in [9.17, 15) is 4.79 Å². The molecule has 2 aromatic carbocycles. The molecule has 1 aliphatic rings. The Hall–Kier alpha value is -2.68. The first-order chi connectivity index (χ1) is 13.6. The van der Waals surface area contributed by atoms with Crippen molar-refractivity contribution >= 4 is 16.8 Å². The molecule has 1 aliphatic carbocycles. The molecule has 1 saturated carbocycles.